The lowest BCUT2D eigenvalue weighted by atomic mass is 10.1. The summed E-state index contributed by atoms with van der Waals surface area (Å²) in [4.78, 5) is 32.9. The van der Waals surface area contributed by atoms with Crippen LogP contribution in [0, 0.1) is 0 Å². The van der Waals surface area contributed by atoms with E-state index in [2.05, 4.69) is 6.07 Å². The second-order valence-electron chi connectivity index (χ2n) is 7.01. The molecule has 0 radical (unpaired) electrons. The first-order valence-electron chi connectivity index (χ1n) is 8.43. The number of hydrogen-bond donors (Lipinski definition) is 0. The van der Waals surface area contributed by atoms with Crippen molar-refractivity contribution in [2.75, 3.05) is 27.8 Å². The monoisotopic (exact) mass is 338 g/mol. The minimum Gasteiger partial charge on any atom is -0.309 e. The Hall–Kier alpha value is -2.44. The van der Waals surface area contributed by atoms with Crippen LogP contribution in [0.2, 0.25) is 0 Å². The second kappa shape index (κ2) is 5.82. The highest BCUT2D eigenvalue weighted by Gasteiger charge is 2.52. The molecule has 6 nitrogen and oxygen atoms in total. The molecule has 2 heterocycles. The number of amides is 3. The van der Waals surface area contributed by atoms with E-state index in [4.69, 9.17) is 0 Å². The summed E-state index contributed by atoms with van der Waals surface area (Å²) in [6.45, 7) is 0.968. The summed E-state index contributed by atoms with van der Waals surface area (Å²) in [5.41, 5.74) is 0.959. The fourth-order valence-corrected chi connectivity index (χ4v) is 4.04. The van der Waals surface area contributed by atoms with Crippen molar-refractivity contribution in [1.82, 2.24) is 19.6 Å². The van der Waals surface area contributed by atoms with Gasteiger partial charge in [-0.1, -0.05) is 36.4 Å². The third kappa shape index (κ3) is 2.49. The molecule has 2 aliphatic heterocycles. The lowest BCUT2D eigenvalue weighted by Crippen LogP contribution is -2.65. The molecule has 2 atom stereocenters. The van der Waals surface area contributed by atoms with Crippen LogP contribution < -0.4 is 0 Å². The minimum atomic E-state index is -0.312. The summed E-state index contributed by atoms with van der Waals surface area (Å²) in [5, 5.41) is 2.26. The molecule has 4 rings (SSSR count). The number of hydrogen-bond acceptors (Lipinski definition) is 4. The van der Waals surface area contributed by atoms with Crippen LogP contribution in [0.3, 0.4) is 0 Å². The highest BCUT2D eigenvalue weighted by molar-refractivity contribution is 6.00. The predicted octanol–water partition coefficient (Wildman–Crippen LogP) is 1.76. The van der Waals surface area contributed by atoms with E-state index in [0.717, 1.165) is 16.3 Å². The van der Waals surface area contributed by atoms with Gasteiger partial charge in [0.15, 0.2) is 0 Å². The van der Waals surface area contributed by atoms with E-state index in [1.807, 2.05) is 60.3 Å². The largest absolute Gasteiger partial charge is 0.328 e. The molecule has 0 aliphatic carbocycles. The maximum atomic E-state index is 13.0. The van der Waals surface area contributed by atoms with E-state index in [9.17, 15) is 9.59 Å². The van der Waals surface area contributed by atoms with Crippen LogP contribution in [0.5, 0.6) is 0 Å². The van der Waals surface area contributed by atoms with Crippen LogP contribution in [0.4, 0.5) is 4.79 Å². The number of benzene rings is 2. The van der Waals surface area contributed by atoms with Crippen molar-refractivity contribution >= 4 is 22.7 Å². The molecule has 6 heteroatoms. The topological polar surface area (TPSA) is 47.1 Å². The summed E-state index contributed by atoms with van der Waals surface area (Å²) < 4.78 is 0. The standard InChI is InChI=1S/C19H22N4O2/c1-20-12-21(2)17-16(20)18(24)23(19(25)22(17)3)11-13-8-9-14-6-4-5-7-15(14)10-13/h4-10,16-17H,11-12H2,1-3H3. The van der Waals surface area contributed by atoms with Crippen LogP contribution in [-0.2, 0) is 11.3 Å². The molecule has 0 spiro atoms. The van der Waals surface area contributed by atoms with E-state index in [-0.39, 0.29) is 24.1 Å². The number of nitrogens with zero attached hydrogens (tertiary/aromatic N) is 4. The van der Waals surface area contributed by atoms with Crippen molar-refractivity contribution in [3.63, 3.8) is 0 Å². The molecular weight excluding hydrogens is 316 g/mol. The number of carbonyl (C=O) groups is 2. The smallest absolute Gasteiger partial charge is 0.309 e. The third-order valence-electron chi connectivity index (χ3n) is 5.26. The van der Waals surface area contributed by atoms with E-state index in [1.165, 1.54) is 4.90 Å². The summed E-state index contributed by atoms with van der Waals surface area (Å²) in [6.07, 6.45) is -0.196. The maximum absolute atomic E-state index is 13.0. The van der Waals surface area contributed by atoms with E-state index >= 15 is 0 Å². The van der Waals surface area contributed by atoms with Crippen LogP contribution in [-0.4, -0.2) is 71.6 Å². The molecule has 130 valence electrons. The van der Waals surface area contributed by atoms with Gasteiger partial charge in [-0.3, -0.25) is 19.5 Å². The summed E-state index contributed by atoms with van der Waals surface area (Å²) in [7, 11) is 5.64. The molecule has 0 saturated carbocycles. The van der Waals surface area contributed by atoms with Crippen molar-refractivity contribution in [2.45, 2.75) is 18.8 Å². The van der Waals surface area contributed by atoms with Gasteiger partial charge in [-0.15, -0.1) is 0 Å². The van der Waals surface area contributed by atoms with Gasteiger partial charge in [-0.25, -0.2) is 4.79 Å². The average Bonchev–Trinajstić information content (AvgIpc) is 2.91. The number of urea groups is 1. The first kappa shape index (κ1) is 16.1. The number of rotatable bonds is 2. The molecule has 0 bridgehead atoms. The van der Waals surface area contributed by atoms with Gasteiger partial charge >= 0.3 is 6.03 Å². The average molecular weight is 338 g/mol. The Kier molecular flexibility index (Phi) is 3.74. The second-order valence-corrected chi connectivity index (χ2v) is 7.01. The number of fused-ring (bicyclic) bond motifs is 2. The Morgan fingerprint density at radius 1 is 0.960 bits per heavy atom. The first-order chi connectivity index (χ1) is 12.0. The van der Waals surface area contributed by atoms with Crippen molar-refractivity contribution in [2.24, 2.45) is 0 Å². The zero-order chi connectivity index (χ0) is 17.7. The first-order valence-corrected chi connectivity index (χ1v) is 8.43. The van der Waals surface area contributed by atoms with E-state index in [1.54, 1.807) is 11.9 Å². The maximum Gasteiger partial charge on any atom is 0.328 e. The summed E-state index contributed by atoms with van der Waals surface area (Å²) >= 11 is 0. The summed E-state index contributed by atoms with van der Waals surface area (Å²) in [6, 6.07) is 13.6. The Bertz CT molecular complexity index is 852. The Morgan fingerprint density at radius 3 is 2.44 bits per heavy atom. The van der Waals surface area contributed by atoms with Crippen molar-refractivity contribution in [1.29, 1.82) is 0 Å². The van der Waals surface area contributed by atoms with Gasteiger partial charge in [0.05, 0.1) is 13.2 Å². The van der Waals surface area contributed by atoms with E-state index < -0.39 is 0 Å². The zero-order valence-corrected chi connectivity index (χ0v) is 14.7. The van der Waals surface area contributed by atoms with E-state index in [0.29, 0.717) is 13.2 Å². The van der Waals surface area contributed by atoms with Gasteiger partial charge in [0.2, 0.25) is 0 Å². The fraction of sp³-hybridized carbons (Fsp3) is 0.368. The third-order valence-corrected chi connectivity index (χ3v) is 5.26. The number of likely N-dealkylation sites (N-methyl/N-ethyl adjacent to an activating group) is 3. The molecule has 2 unspecified atom stereocenters. The van der Waals surface area contributed by atoms with Crippen molar-refractivity contribution in [3.8, 4) is 0 Å². The molecule has 2 aromatic rings. The van der Waals surface area contributed by atoms with Gasteiger partial charge < -0.3 is 4.90 Å². The van der Waals surface area contributed by atoms with Gasteiger partial charge in [-0.2, -0.15) is 0 Å². The van der Waals surface area contributed by atoms with Gasteiger partial charge in [-0.05, 0) is 36.5 Å². The molecule has 0 aromatic heterocycles. The quantitative estimate of drug-likeness (QED) is 0.837. The predicted molar refractivity (Wildman–Crippen MR) is 95.6 cm³/mol. The highest BCUT2D eigenvalue weighted by atomic mass is 16.2. The number of carbonyl (C=O) groups excluding carboxylic acids is 2. The molecule has 2 aromatic carbocycles. The van der Waals surface area contributed by atoms with Crippen LogP contribution in [0.25, 0.3) is 10.8 Å². The van der Waals surface area contributed by atoms with Crippen LogP contribution in [0.1, 0.15) is 5.56 Å². The van der Waals surface area contributed by atoms with Crippen LogP contribution in [0.15, 0.2) is 42.5 Å². The van der Waals surface area contributed by atoms with Gasteiger partial charge in [0.1, 0.15) is 12.2 Å². The molecule has 0 N–H and O–H groups in total. The SMILES string of the molecule is CN1CN(C)C2C1C(=O)N(Cc1ccc3ccccc3c1)C(=O)N2C. The molecule has 25 heavy (non-hydrogen) atoms. The Labute approximate surface area is 147 Å². The van der Waals surface area contributed by atoms with Gasteiger partial charge in [0, 0.05) is 7.05 Å². The molecular formula is C19H22N4O2. The highest BCUT2D eigenvalue weighted by Crippen LogP contribution is 2.28. The lowest BCUT2D eigenvalue weighted by Gasteiger charge is -2.42. The Morgan fingerprint density at radius 2 is 1.68 bits per heavy atom. The summed E-state index contributed by atoms with van der Waals surface area (Å²) in [5.74, 6) is -0.117. The minimum absolute atomic E-state index is 0.117. The number of imide groups is 1. The van der Waals surface area contributed by atoms with Crippen molar-refractivity contribution in [3.05, 3.63) is 48.0 Å². The fourth-order valence-electron chi connectivity index (χ4n) is 4.04. The molecule has 3 amide bonds. The Balaban J connectivity index is 1.64. The molecule has 2 saturated heterocycles. The molecule has 2 aliphatic rings. The lowest BCUT2D eigenvalue weighted by molar-refractivity contribution is -0.138. The van der Waals surface area contributed by atoms with Gasteiger partial charge in [0.25, 0.3) is 5.91 Å². The van der Waals surface area contributed by atoms with Crippen molar-refractivity contribution < 1.29 is 9.59 Å². The van der Waals surface area contributed by atoms with Crippen LogP contribution >= 0.6 is 0 Å². The molecule has 2 fully saturated rings. The normalized spacial score (nSPS) is 25.1. The zero-order valence-electron chi connectivity index (χ0n) is 14.7.